The van der Waals surface area contributed by atoms with Crippen molar-refractivity contribution in [3.05, 3.63) is 41.9 Å². The van der Waals surface area contributed by atoms with Crippen LogP contribution in [0.5, 0.6) is 0 Å². The van der Waals surface area contributed by atoms with Gasteiger partial charge in [-0.3, -0.25) is 4.79 Å². The molecule has 2 aromatic rings. The second-order valence-electron chi connectivity index (χ2n) is 6.66. The number of carbonyl (C=O) groups is 1. The first-order valence-corrected chi connectivity index (χ1v) is 9.70. The molecule has 0 aliphatic carbocycles. The van der Waals surface area contributed by atoms with Gasteiger partial charge in [0, 0.05) is 38.1 Å². The Morgan fingerprint density at radius 2 is 1.85 bits per heavy atom. The molecule has 0 aliphatic heterocycles. The Morgan fingerprint density at radius 1 is 1.11 bits per heavy atom. The van der Waals surface area contributed by atoms with Crippen molar-refractivity contribution in [2.24, 2.45) is 0 Å². The molecule has 0 saturated carbocycles. The molecule has 0 unspecified atom stereocenters. The van der Waals surface area contributed by atoms with Crippen LogP contribution in [-0.2, 0) is 0 Å². The molecule has 0 atom stereocenters. The predicted octanol–water partition coefficient (Wildman–Crippen LogP) is 4.12. The largest absolute Gasteiger partial charge is 0.372 e. The molecule has 27 heavy (non-hydrogen) atoms. The number of aryl methyl sites for hydroxylation is 1. The van der Waals surface area contributed by atoms with E-state index in [1.807, 2.05) is 31.0 Å². The third-order valence-electron chi connectivity index (χ3n) is 4.70. The minimum Gasteiger partial charge on any atom is -0.372 e. The molecular weight excluding hydrogens is 338 g/mol. The van der Waals surface area contributed by atoms with E-state index in [0.29, 0.717) is 5.69 Å². The first-order chi connectivity index (χ1) is 13.0. The zero-order valence-electron chi connectivity index (χ0n) is 17.1. The van der Waals surface area contributed by atoms with E-state index in [4.69, 9.17) is 0 Å². The summed E-state index contributed by atoms with van der Waals surface area (Å²) >= 11 is 0. The van der Waals surface area contributed by atoms with Crippen LogP contribution in [0.1, 0.15) is 49.7 Å². The molecule has 0 bridgehead atoms. The average Bonchev–Trinajstić information content (AvgIpc) is 2.69. The zero-order chi connectivity index (χ0) is 19.8. The Bertz CT molecular complexity index is 741. The van der Waals surface area contributed by atoms with Crippen LogP contribution in [0.3, 0.4) is 0 Å². The van der Waals surface area contributed by atoms with Crippen LogP contribution in [0.4, 0.5) is 17.2 Å². The Balaban J connectivity index is 2.06. The lowest BCUT2D eigenvalue weighted by atomic mass is 10.1. The van der Waals surface area contributed by atoms with Crippen LogP contribution in [0.15, 0.2) is 30.6 Å². The molecule has 0 aliphatic rings. The maximum atomic E-state index is 12.5. The molecule has 2 rings (SSSR count). The molecule has 1 N–H and O–H groups in total. The van der Waals surface area contributed by atoms with Gasteiger partial charge in [0.25, 0.3) is 5.91 Å². The molecule has 0 fully saturated rings. The average molecular weight is 370 g/mol. The molecule has 1 heterocycles. The highest BCUT2D eigenvalue weighted by atomic mass is 16.1. The Kier molecular flexibility index (Phi) is 7.58. The van der Waals surface area contributed by atoms with Crippen molar-refractivity contribution in [1.29, 1.82) is 0 Å². The number of hydrogen-bond donors (Lipinski definition) is 1. The number of rotatable bonds is 9. The fraction of sp³-hybridized carbons (Fsp3) is 0.476. The normalized spacial score (nSPS) is 10.6. The van der Waals surface area contributed by atoms with Crippen molar-refractivity contribution in [3.63, 3.8) is 0 Å². The van der Waals surface area contributed by atoms with Crippen LogP contribution >= 0.6 is 0 Å². The summed E-state index contributed by atoms with van der Waals surface area (Å²) in [7, 11) is 1.99. The molecular formula is C21H31N5O. The van der Waals surface area contributed by atoms with Crippen molar-refractivity contribution in [2.45, 2.75) is 40.5 Å². The summed E-state index contributed by atoms with van der Waals surface area (Å²) in [5.41, 5.74) is 3.29. The van der Waals surface area contributed by atoms with Gasteiger partial charge >= 0.3 is 0 Å². The Labute approximate surface area is 162 Å². The summed E-state index contributed by atoms with van der Waals surface area (Å²) in [6, 6.07) is 6.08. The number of unbranched alkanes of at least 4 members (excludes halogenated alkanes) is 1. The van der Waals surface area contributed by atoms with Gasteiger partial charge in [0.1, 0.15) is 11.5 Å². The summed E-state index contributed by atoms with van der Waals surface area (Å²) < 4.78 is 0. The Hall–Kier alpha value is -2.63. The first-order valence-electron chi connectivity index (χ1n) is 9.70. The van der Waals surface area contributed by atoms with E-state index < -0.39 is 0 Å². The fourth-order valence-corrected chi connectivity index (χ4v) is 2.91. The van der Waals surface area contributed by atoms with Gasteiger partial charge in [0.05, 0.1) is 12.4 Å². The van der Waals surface area contributed by atoms with Gasteiger partial charge in [-0.25, -0.2) is 9.97 Å². The summed E-state index contributed by atoms with van der Waals surface area (Å²) in [6.45, 7) is 11.3. The molecule has 1 aromatic heterocycles. The van der Waals surface area contributed by atoms with E-state index >= 15 is 0 Å². The number of hydrogen-bond acceptors (Lipinski definition) is 5. The number of anilines is 3. The second kappa shape index (κ2) is 9.90. The monoisotopic (exact) mass is 369 g/mol. The lowest BCUT2D eigenvalue weighted by molar-refractivity contribution is 0.102. The van der Waals surface area contributed by atoms with Crippen molar-refractivity contribution in [2.75, 3.05) is 41.8 Å². The van der Waals surface area contributed by atoms with E-state index in [9.17, 15) is 4.79 Å². The van der Waals surface area contributed by atoms with E-state index in [-0.39, 0.29) is 5.91 Å². The summed E-state index contributed by atoms with van der Waals surface area (Å²) in [5.74, 6) is 0.531. The minimum absolute atomic E-state index is 0.246. The standard InChI is InChI=1S/C21H31N5O/c1-6-9-12-25(5)20-15-22-19(14-23-20)21(27)24-18-11-10-17(13-16(18)4)26(7-2)8-3/h10-11,13-15H,6-9,12H2,1-5H3,(H,24,27). The number of carbonyl (C=O) groups excluding carboxylic acids is 1. The van der Waals surface area contributed by atoms with Crippen molar-refractivity contribution < 1.29 is 4.79 Å². The maximum absolute atomic E-state index is 12.5. The predicted molar refractivity (Wildman–Crippen MR) is 113 cm³/mol. The van der Waals surface area contributed by atoms with Crippen molar-refractivity contribution in [1.82, 2.24) is 9.97 Å². The van der Waals surface area contributed by atoms with E-state index in [0.717, 1.165) is 55.2 Å². The summed E-state index contributed by atoms with van der Waals surface area (Å²) in [6.07, 6.45) is 5.42. The summed E-state index contributed by atoms with van der Waals surface area (Å²) in [4.78, 5) is 25.5. The van der Waals surface area contributed by atoms with Crippen LogP contribution in [0.2, 0.25) is 0 Å². The molecule has 1 aromatic carbocycles. The van der Waals surface area contributed by atoms with Gasteiger partial charge in [0.2, 0.25) is 0 Å². The van der Waals surface area contributed by atoms with Gasteiger partial charge in [-0.05, 0) is 51.0 Å². The van der Waals surface area contributed by atoms with Crippen LogP contribution in [0, 0.1) is 6.92 Å². The second-order valence-corrected chi connectivity index (χ2v) is 6.66. The number of benzene rings is 1. The lowest BCUT2D eigenvalue weighted by Gasteiger charge is -2.22. The molecule has 1 amide bonds. The smallest absolute Gasteiger partial charge is 0.275 e. The highest BCUT2D eigenvalue weighted by molar-refractivity contribution is 6.03. The SMILES string of the molecule is CCCCN(C)c1cnc(C(=O)Nc2ccc(N(CC)CC)cc2C)cn1. The highest BCUT2D eigenvalue weighted by Crippen LogP contribution is 2.23. The number of nitrogens with one attached hydrogen (secondary N) is 1. The fourth-order valence-electron chi connectivity index (χ4n) is 2.91. The third-order valence-corrected chi connectivity index (χ3v) is 4.70. The molecule has 6 heteroatoms. The van der Waals surface area contributed by atoms with Gasteiger partial charge in [-0.1, -0.05) is 13.3 Å². The lowest BCUT2D eigenvalue weighted by Crippen LogP contribution is -2.22. The summed E-state index contributed by atoms with van der Waals surface area (Å²) in [5, 5.41) is 2.94. The molecule has 0 saturated heterocycles. The van der Waals surface area contributed by atoms with Crippen LogP contribution in [-0.4, -0.2) is 42.6 Å². The first kappa shape index (κ1) is 20.7. The number of amides is 1. The molecule has 0 spiro atoms. The maximum Gasteiger partial charge on any atom is 0.275 e. The number of nitrogens with zero attached hydrogens (tertiary/aromatic N) is 4. The Morgan fingerprint density at radius 3 is 2.41 bits per heavy atom. The van der Waals surface area contributed by atoms with E-state index in [2.05, 4.69) is 47.0 Å². The van der Waals surface area contributed by atoms with E-state index in [1.54, 1.807) is 6.20 Å². The van der Waals surface area contributed by atoms with Crippen LogP contribution in [0.25, 0.3) is 0 Å². The van der Waals surface area contributed by atoms with Crippen molar-refractivity contribution in [3.8, 4) is 0 Å². The quantitative estimate of drug-likeness (QED) is 0.720. The topological polar surface area (TPSA) is 61.4 Å². The minimum atomic E-state index is -0.246. The van der Waals surface area contributed by atoms with Gasteiger partial charge < -0.3 is 15.1 Å². The van der Waals surface area contributed by atoms with Gasteiger partial charge in [-0.15, -0.1) is 0 Å². The van der Waals surface area contributed by atoms with Crippen LogP contribution < -0.4 is 15.1 Å². The third kappa shape index (κ3) is 5.42. The molecule has 0 radical (unpaired) electrons. The van der Waals surface area contributed by atoms with Crippen molar-refractivity contribution >= 4 is 23.1 Å². The van der Waals surface area contributed by atoms with Gasteiger partial charge in [0.15, 0.2) is 0 Å². The van der Waals surface area contributed by atoms with Gasteiger partial charge in [-0.2, -0.15) is 0 Å². The highest BCUT2D eigenvalue weighted by Gasteiger charge is 2.12. The molecule has 146 valence electrons. The number of aromatic nitrogens is 2. The molecule has 6 nitrogen and oxygen atoms in total. The van der Waals surface area contributed by atoms with E-state index in [1.165, 1.54) is 6.20 Å². The zero-order valence-corrected chi connectivity index (χ0v) is 17.1.